The van der Waals surface area contributed by atoms with Crippen LogP contribution in [0.25, 0.3) is 5.57 Å². The van der Waals surface area contributed by atoms with E-state index >= 15 is 0 Å². The molecule has 0 fully saturated rings. The summed E-state index contributed by atoms with van der Waals surface area (Å²) in [4.78, 5) is 16.9. The Bertz CT molecular complexity index is 1310. The van der Waals surface area contributed by atoms with Gasteiger partial charge in [0, 0.05) is 51.1 Å². The van der Waals surface area contributed by atoms with Crippen molar-refractivity contribution in [3.8, 4) is 0 Å². The first-order valence-corrected chi connectivity index (χ1v) is 14.1. The first-order chi connectivity index (χ1) is 17.5. The van der Waals surface area contributed by atoms with E-state index in [1.807, 2.05) is 0 Å². The van der Waals surface area contributed by atoms with E-state index in [4.69, 9.17) is 4.99 Å². The highest BCUT2D eigenvalue weighted by Gasteiger charge is 2.38. The Labute approximate surface area is 216 Å². The third kappa shape index (κ3) is 3.52. The number of H-pyrrole nitrogens is 3. The quantitative estimate of drug-likeness (QED) is 0.315. The smallest absolute Gasteiger partial charge is 0.0686 e. The largest absolute Gasteiger partial charge is 0.361 e. The molecule has 190 valence electrons. The average Bonchev–Trinajstić information content (AvgIpc) is 3.71. The molecular weight excluding hydrogens is 440 g/mol. The SMILES string of the molecule is CC/C1=C2\C=CC(=N2)C(CC)(CC)c2ccc([nH]2)C(CC)c2ccc([nH]2)C(CC)(CC)c2ccc1[nH]2. The maximum Gasteiger partial charge on any atom is 0.0686 e. The van der Waals surface area contributed by atoms with Crippen molar-refractivity contribution in [1.82, 2.24) is 15.0 Å². The normalized spacial score (nSPS) is 22.2. The van der Waals surface area contributed by atoms with Gasteiger partial charge < -0.3 is 15.0 Å². The van der Waals surface area contributed by atoms with Crippen molar-refractivity contribution in [3.63, 3.8) is 0 Å². The molecule has 1 atom stereocenters. The minimum atomic E-state index is -0.119. The first-order valence-electron chi connectivity index (χ1n) is 14.1. The van der Waals surface area contributed by atoms with Crippen LogP contribution >= 0.6 is 0 Å². The molecule has 0 saturated heterocycles. The molecule has 4 nitrogen and oxygen atoms in total. The predicted octanol–water partition coefficient (Wildman–Crippen LogP) is 8.52. The minimum absolute atomic E-state index is 0.0736. The van der Waals surface area contributed by atoms with Crippen molar-refractivity contribution in [2.24, 2.45) is 4.99 Å². The third-order valence-corrected chi connectivity index (χ3v) is 9.34. The van der Waals surface area contributed by atoms with Gasteiger partial charge in [-0.3, -0.25) is 4.99 Å². The lowest BCUT2D eigenvalue weighted by Crippen LogP contribution is -2.33. The summed E-state index contributed by atoms with van der Waals surface area (Å²) in [6, 6.07) is 13.8. The molecule has 4 heteroatoms. The van der Waals surface area contributed by atoms with Gasteiger partial charge >= 0.3 is 0 Å². The molecule has 8 bridgehead atoms. The molecule has 1 unspecified atom stereocenters. The van der Waals surface area contributed by atoms with Crippen LogP contribution < -0.4 is 0 Å². The highest BCUT2D eigenvalue weighted by atomic mass is 14.9. The summed E-state index contributed by atoms with van der Waals surface area (Å²) in [6.45, 7) is 13.7. The average molecular weight is 483 g/mol. The first kappa shape index (κ1) is 24.7. The number of hydrogen-bond acceptors (Lipinski definition) is 1. The molecule has 2 aliphatic heterocycles. The zero-order valence-corrected chi connectivity index (χ0v) is 22.9. The van der Waals surface area contributed by atoms with Crippen molar-refractivity contribution in [3.05, 3.63) is 88.4 Å². The second-order valence-corrected chi connectivity index (χ2v) is 10.5. The topological polar surface area (TPSA) is 59.7 Å². The number of aromatic nitrogens is 3. The third-order valence-electron chi connectivity index (χ3n) is 9.34. The van der Waals surface area contributed by atoms with E-state index in [1.54, 1.807) is 0 Å². The fourth-order valence-electron chi connectivity index (χ4n) is 6.84. The van der Waals surface area contributed by atoms with Crippen LogP contribution in [-0.2, 0) is 10.8 Å². The molecule has 5 rings (SSSR count). The molecule has 0 spiro atoms. The summed E-state index contributed by atoms with van der Waals surface area (Å²) < 4.78 is 0. The van der Waals surface area contributed by atoms with Gasteiger partial charge in [0.05, 0.1) is 16.8 Å². The summed E-state index contributed by atoms with van der Waals surface area (Å²) >= 11 is 0. The maximum atomic E-state index is 5.30. The van der Waals surface area contributed by atoms with Crippen LogP contribution in [0.1, 0.15) is 120 Å². The number of nitrogens with zero attached hydrogens (tertiary/aromatic N) is 1. The lowest BCUT2D eigenvalue weighted by molar-refractivity contribution is 0.454. The number of fused-ring (bicyclic) bond motifs is 7. The summed E-state index contributed by atoms with van der Waals surface area (Å²) in [5.41, 5.74) is 11.0. The lowest BCUT2D eigenvalue weighted by Gasteiger charge is -2.31. The number of allylic oxidation sites excluding steroid dienone is 3. The van der Waals surface area contributed by atoms with Gasteiger partial charge in [-0.15, -0.1) is 0 Å². The second-order valence-electron chi connectivity index (χ2n) is 10.5. The molecular formula is C32H42N4. The van der Waals surface area contributed by atoms with Crippen molar-refractivity contribution in [2.45, 2.75) is 96.8 Å². The van der Waals surface area contributed by atoms with Crippen LogP contribution in [-0.4, -0.2) is 20.7 Å². The highest BCUT2D eigenvalue weighted by Crippen LogP contribution is 2.42. The van der Waals surface area contributed by atoms with Crippen molar-refractivity contribution in [1.29, 1.82) is 0 Å². The zero-order valence-electron chi connectivity index (χ0n) is 22.9. The number of hydrogen-bond donors (Lipinski definition) is 3. The van der Waals surface area contributed by atoms with Gasteiger partial charge in [-0.1, -0.05) is 41.5 Å². The summed E-state index contributed by atoms with van der Waals surface area (Å²) in [6.07, 6.45) is 10.5. The van der Waals surface area contributed by atoms with Crippen LogP contribution in [0, 0.1) is 0 Å². The standard InChI is InChI=1S/C32H42N4/c1-7-21-23-13-17-27(33-23)31(9-3,10-4)29-19-15-25(35-29)22(8-2)26-16-20-30(36-26)32(11-5,12-6)28-18-14-24(21)34-28/h13-21,33-35H,7-12H2,1-6H3/b26-22-. The van der Waals surface area contributed by atoms with Crippen LogP contribution in [0.4, 0.5) is 0 Å². The molecule has 0 radical (unpaired) electrons. The van der Waals surface area contributed by atoms with Gasteiger partial charge in [0.2, 0.25) is 0 Å². The highest BCUT2D eigenvalue weighted by molar-refractivity contribution is 6.07. The van der Waals surface area contributed by atoms with E-state index in [0.29, 0.717) is 5.92 Å². The molecule has 2 aliphatic rings. The van der Waals surface area contributed by atoms with E-state index in [9.17, 15) is 0 Å². The Morgan fingerprint density at radius 2 is 1.22 bits per heavy atom. The van der Waals surface area contributed by atoms with E-state index in [1.165, 1.54) is 45.4 Å². The van der Waals surface area contributed by atoms with Crippen molar-refractivity contribution in [2.75, 3.05) is 0 Å². The van der Waals surface area contributed by atoms with Gasteiger partial charge in [-0.05, 0) is 87.1 Å². The minimum Gasteiger partial charge on any atom is -0.361 e. The van der Waals surface area contributed by atoms with E-state index in [-0.39, 0.29) is 10.8 Å². The lowest BCUT2D eigenvalue weighted by atomic mass is 9.75. The molecule has 0 aliphatic carbocycles. The van der Waals surface area contributed by atoms with Crippen LogP contribution in [0.3, 0.4) is 0 Å². The monoisotopic (exact) mass is 482 g/mol. The maximum absolute atomic E-state index is 5.30. The van der Waals surface area contributed by atoms with Crippen molar-refractivity contribution >= 4 is 11.3 Å². The van der Waals surface area contributed by atoms with Gasteiger partial charge in [0.25, 0.3) is 0 Å². The number of aliphatic imine (C=N–C) groups is 1. The molecule has 0 amide bonds. The van der Waals surface area contributed by atoms with Crippen LogP contribution in [0.2, 0.25) is 0 Å². The number of rotatable bonds is 6. The molecule has 3 aromatic heterocycles. The molecule has 0 aromatic carbocycles. The van der Waals surface area contributed by atoms with Gasteiger partial charge in [-0.2, -0.15) is 0 Å². The second kappa shape index (κ2) is 9.46. The van der Waals surface area contributed by atoms with Crippen molar-refractivity contribution < 1.29 is 0 Å². The van der Waals surface area contributed by atoms with Gasteiger partial charge in [-0.25, -0.2) is 0 Å². The molecule has 36 heavy (non-hydrogen) atoms. The van der Waals surface area contributed by atoms with E-state index < -0.39 is 0 Å². The molecule has 5 heterocycles. The Kier molecular flexibility index (Phi) is 6.48. The molecule has 0 saturated carbocycles. The van der Waals surface area contributed by atoms with Crippen LogP contribution in [0.5, 0.6) is 0 Å². The molecule has 3 N–H and O–H groups in total. The Morgan fingerprint density at radius 3 is 1.78 bits per heavy atom. The Morgan fingerprint density at radius 1 is 0.667 bits per heavy atom. The predicted molar refractivity (Wildman–Crippen MR) is 152 cm³/mol. The fourth-order valence-corrected chi connectivity index (χ4v) is 6.84. The summed E-state index contributed by atoms with van der Waals surface area (Å²) in [5.74, 6) is 0.306. The summed E-state index contributed by atoms with van der Waals surface area (Å²) in [5, 5.41) is 0. The van der Waals surface area contributed by atoms with E-state index in [2.05, 4.69) is 105 Å². The summed E-state index contributed by atoms with van der Waals surface area (Å²) in [7, 11) is 0. The zero-order chi connectivity index (χ0) is 25.5. The Hall–Kier alpha value is -3.01. The number of nitrogens with one attached hydrogen (secondary N) is 3. The molecule has 3 aromatic rings. The Balaban J connectivity index is 1.80. The van der Waals surface area contributed by atoms with E-state index in [0.717, 1.165) is 44.2 Å². The fraction of sp³-hybridized carbons (Fsp3) is 0.469. The van der Waals surface area contributed by atoms with Gasteiger partial charge in [0.15, 0.2) is 0 Å². The number of aromatic amines is 3. The van der Waals surface area contributed by atoms with Crippen LogP contribution in [0.15, 0.2) is 59.2 Å². The van der Waals surface area contributed by atoms with Gasteiger partial charge in [0.1, 0.15) is 0 Å².